The number of carbonyl (C=O) groups excluding carboxylic acids is 1. The number of alkyl halides is 3. The molecule has 2 aromatic carbocycles. The van der Waals surface area contributed by atoms with Crippen LogP contribution in [0.3, 0.4) is 0 Å². The van der Waals surface area contributed by atoms with Gasteiger partial charge >= 0.3 is 6.18 Å². The predicted molar refractivity (Wildman–Crippen MR) is 100 cm³/mol. The first-order valence-corrected chi connectivity index (χ1v) is 9.11. The van der Waals surface area contributed by atoms with Gasteiger partial charge in [0.15, 0.2) is 11.5 Å². The Bertz CT molecular complexity index is 1060. The predicted octanol–water partition coefficient (Wildman–Crippen LogP) is 4.03. The average molecular weight is 405 g/mol. The molecule has 9 heteroatoms. The minimum absolute atomic E-state index is 0.0849. The van der Waals surface area contributed by atoms with Gasteiger partial charge in [-0.3, -0.25) is 4.79 Å². The van der Waals surface area contributed by atoms with Gasteiger partial charge in [-0.25, -0.2) is 4.98 Å². The monoisotopic (exact) mass is 405 g/mol. The second kappa shape index (κ2) is 7.31. The first kappa shape index (κ1) is 19.1. The van der Waals surface area contributed by atoms with Crippen molar-refractivity contribution in [2.24, 2.45) is 0 Å². The molecule has 0 fully saturated rings. The third-order valence-electron chi connectivity index (χ3n) is 4.61. The van der Waals surface area contributed by atoms with Gasteiger partial charge in [-0.2, -0.15) is 13.2 Å². The SMILES string of the molecule is CCc1ccc(NC(=O)Cn2c(C(F)(F)F)nc3cc4c(cc32)OCCO4)cc1. The van der Waals surface area contributed by atoms with Crippen LogP contribution in [0, 0.1) is 0 Å². The fourth-order valence-corrected chi connectivity index (χ4v) is 3.21. The van der Waals surface area contributed by atoms with Gasteiger partial charge in [-0.05, 0) is 24.1 Å². The highest BCUT2D eigenvalue weighted by Gasteiger charge is 2.38. The lowest BCUT2D eigenvalue weighted by molar-refractivity contribution is -0.147. The molecule has 1 aliphatic rings. The molecule has 0 atom stereocenters. The molecule has 4 rings (SSSR count). The van der Waals surface area contributed by atoms with Crippen LogP contribution in [-0.2, 0) is 23.9 Å². The molecule has 0 radical (unpaired) electrons. The maximum Gasteiger partial charge on any atom is 0.449 e. The number of amides is 1. The van der Waals surface area contributed by atoms with E-state index in [0.717, 1.165) is 16.6 Å². The van der Waals surface area contributed by atoms with Crippen molar-refractivity contribution in [3.63, 3.8) is 0 Å². The lowest BCUT2D eigenvalue weighted by Gasteiger charge is -2.18. The second-order valence-electron chi connectivity index (χ2n) is 6.60. The highest BCUT2D eigenvalue weighted by atomic mass is 19.4. The van der Waals surface area contributed by atoms with Crippen molar-refractivity contribution in [3.8, 4) is 11.5 Å². The quantitative estimate of drug-likeness (QED) is 0.712. The van der Waals surface area contributed by atoms with Gasteiger partial charge in [0.05, 0.1) is 11.0 Å². The molecule has 0 saturated heterocycles. The van der Waals surface area contributed by atoms with Gasteiger partial charge in [0.25, 0.3) is 0 Å². The second-order valence-corrected chi connectivity index (χ2v) is 6.60. The first-order chi connectivity index (χ1) is 13.8. The Hall–Kier alpha value is -3.23. The van der Waals surface area contributed by atoms with E-state index in [-0.39, 0.29) is 11.0 Å². The number of hydrogen-bond acceptors (Lipinski definition) is 4. The number of ether oxygens (including phenoxy) is 2. The van der Waals surface area contributed by atoms with Crippen LogP contribution in [0.2, 0.25) is 0 Å². The maximum absolute atomic E-state index is 13.5. The Kier molecular flexibility index (Phi) is 4.81. The van der Waals surface area contributed by atoms with Crippen molar-refractivity contribution >= 4 is 22.6 Å². The Morgan fingerprint density at radius 1 is 1.14 bits per heavy atom. The number of aryl methyl sites for hydroxylation is 1. The molecule has 1 amide bonds. The normalized spacial score (nSPS) is 13.5. The zero-order chi connectivity index (χ0) is 20.6. The smallest absolute Gasteiger partial charge is 0.449 e. The number of anilines is 1. The highest BCUT2D eigenvalue weighted by Crippen LogP contribution is 2.38. The van der Waals surface area contributed by atoms with E-state index in [0.29, 0.717) is 30.4 Å². The van der Waals surface area contributed by atoms with Crippen molar-refractivity contribution < 1.29 is 27.4 Å². The van der Waals surface area contributed by atoms with E-state index in [1.165, 1.54) is 12.1 Å². The number of benzene rings is 2. The van der Waals surface area contributed by atoms with Gasteiger partial charge in [0.1, 0.15) is 19.8 Å². The van der Waals surface area contributed by atoms with Gasteiger partial charge in [0.2, 0.25) is 11.7 Å². The molecule has 3 aromatic rings. The topological polar surface area (TPSA) is 65.4 Å². The lowest BCUT2D eigenvalue weighted by Crippen LogP contribution is -2.23. The van der Waals surface area contributed by atoms with Crippen molar-refractivity contribution in [1.29, 1.82) is 0 Å². The molecular formula is C20H18F3N3O3. The summed E-state index contributed by atoms with van der Waals surface area (Å²) in [5.41, 5.74) is 1.84. The molecule has 152 valence electrons. The fourth-order valence-electron chi connectivity index (χ4n) is 3.21. The summed E-state index contributed by atoms with van der Waals surface area (Å²) in [7, 11) is 0. The van der Waals surface area contributed by atoms with Crippen LogP contribution in [0.5, 0.6) is 11.5 Å². The Morgan fingerprint density at radius 2 is 1.79 bits per heavy atom. The van der Waals surface area contributed by atoms with E-state index in [9.17, 15) is 18.0 Å². The van der Waals surface area contributed by atoms with Crippen molar-refractivity contribution in [2.45, 2.75) is 26.1 Å². The number of halogens is 3. The number of nitrogens with zero attached hydrogens (tertiary/aromatic N) is 2. The van der Waals surface area contributed by atoms with E-state index in [2.05, 4.69) is 10.3 Å². The van der Waals surface area contributed by atoms with Crippen LogP contribution < -0.4 is 14.8 Å². The highest BCUT2D eigenvalue weighted by molar-refractivity contribution is 5.92. The lowest BCUT2D eigenvalue weighted by atomic mass is 10.1. The molecule has 2 heterocycles. The Morgan fingerprint density at radius 3 is 2.41 bits per heavy atom. The maximum atomic E-state index is 13.5. The molecule has 1 aromatic heterocycles. The zero-order valence-corrected chi connectivity index (χ0v) is 15.5. The van der Waals surface area contributed by atoms with Gasteiger partial charge < -0.3 is 19.4 Å². The van der Waals surface area contributed by atoms with Crippen molar-refractivity contribution in [3.05, 3.63) is 47.8 Å². The van der Waals surface area contributed by atoms with Crippen LogP contribution in [0.25, 0.3) is 11.0 Å². The number of hydrogen-bond donors (Lipinski definition) is 1. The van der Waals surface area contributed by atoms with Crippen molar-refractivity contribution in [1.82, 2.24) is 9.55 Å². The molecule has 0 spiro atoms. The van der Waals surface area contributed by atoms with Crippen LogP contribution in [0.15, 0.2) is 36.4 Å². The third kappa shape index (κ3) is 3.85. The fraction of sp³-hybridized carbons (Fsp3) is 0.300. The molecule has 0 unspecified atom stereocenters. The third-order valence-corrected chi connectivity index (χ3v) is 4.61. The van der Waals surface area contributed by atoms with Crippen LogP contribution >= 0.6 is 0 Å². The van der Waals surface area contributed by atoms with Gasteiger partial charge in [-0.15, -0.1) is 0 Å². The summed E-state index contributed by atoms with van der Waals surface area (Å²) in [6.45, 7) is 2.07. The molecular weight excluding hydrogens is 387 g/mol. The molecule has 29 heavy (non-hydrogen) atoms. The molecule has 6 nitrogen and oxygen atoms in total. The van der Waals surface area contributed by atoms with E-state index < -0.39 is 24.5 Å². The largest absolute Gasteiger partial charge is 0.486 e. The summed E-state index contributed by atoms with van der Waals surface area (Å²) in [5, 5.41) is 2.63. The number of fused-ring (bicyclic) bond motifs is 2. The van der Waals surface area contributed by atoms with E-state index in [1.54, 1.807) is 12.1 Å². The first-order valence-electron chi connectivity index (χ1n) is 9.11. The van der Waals surface area contributed by atoms with Crippen LogP contribution in [-0.4, -0.2) is 28.7 Å². The molecule has 0 saturated carbocycles. The molecule has 0 bridgehead atoms. The molecule has 1 aliphatic heterocycles. The molecule has 1 N–H and O–H groups in total. The minimum atomic E-state index is -4.72. The average Bonchev–Trinajstić information content (AvgIpc) is 3.04. The van der Waals surface area contributed by atoms with Crippen LogP contribution in [0.4, 0.5) is 18.9 Å². The van der Waals surface area contributed by atoms with Gasteiger partial charge in [-0.1, -0.05) is 19.1 Å². The summed E-state index contributed by atoms with van der Waals surface area (Å²) in [4.78, 5) is 16.2. The number of imidazole rings is 1. The van der Waals surface area contributed by atoms with Crippen molar-refractivity contribution in [2.75, 3.05) is 18.5 Å². The van der Waals surface area contributed by atoms with E-state index in [4.69, 9.17) is 9.47 Å². The summed E-state index contributed by atoms with van der Waals surface area (Å²) in [6, 6.07) is 9.97. The molecule has 0 aliphatic carbocycles. The number of carbonyl (C=O) groups is 1. The number of aromatic nitrogens is 2. The minimum Gasteiger partial charge on any atom is -0.486 e. The number of rotatable bonds is 4. The summed E-state index contributed by atoms with van der Waals surface area (Å²) >= 11 is 0. The summed E-state index contributed by atoms with van der Waals surface area (Å²) < 4.78 is 52.4. The summed E-state index contributed by atoms with van der Waals surface area (Å²) in [6.07, 6.45) is -3.87. The van der Waals surface area contributed by atoms with E-state index >= 15 is 0 Å². The standard InChI is InChI=1S/C20H18F3N3O3/c1-2-12-3-5-13(6-4-12)24-18(27)11-26-15-10-17-16(28-7-8-29-17)9-14(15)25-19(26)20(21,22)23/h3-6,9-10H,2,7-8,11H2,1H3,(H,24,27). The summed E-state index contributed by atoms with van der Waals surface area (Å²) in [5.74, 6) is -1.07. The van der Waals surface area contributed by atoms with Gasteiger partial charge in [0, 0.05) is 17.8 Å². The Balaban J connectivity index is 1.67. The van der Waals surface area contributed by atoms with Crippen LogP contribution in [0.1, 0.15) is 18.3 Å². The van der Waals surface area contributed by atoms with E-state index in [1.807, 2.05) is 19.1 Å². The number of nitrogens with one attached hydrogen (secondary N) is 1. The Labute approximate surface area is 164 Å². The zero-order valence-electron chi connectivity index (χ0n) is 15.5.